The molecule has 2 aromatic carbocycles. The van der Waals surface area contributed by atoms with Gasteiger partial charge in [0.25, 0.3) is 0 Å². The van der Waals surface area contributed by atoms with E-state index in [1.165, 1.54) is 12.1 Å². The van der Waals surface area contributed by atoms with Crippen molar-refractivity contribution >= 4 is 11.6 Å². The fourth-order valence-corrected chi connectivity index (χ4v) is 2.64. The number of carbonyl (C=O) groups excluding carboxylic acids is 1. The van der Waals surface area contributed by atoms with E-state index in [9.17, 15) is 9.90 Å². The standard InChI is InChI=1S/C24H33N3O4/c1-18-7-6-8-19(2)24(18)25-23(29)16-27-13-11-26(12-14-27)15-20(28)17-31-22-10-5-4-9-21(22)30-3/h4-10,20,28H,11-17H2,1-3H3,(H,25,29)/i1D3,2D3,3D3,6D,7D,8D,15D2,16D2,17D2,20D. The summed E-state index contributed by atoms with van der Waals surface area (Å²) in [7, 11) is -2.99. The van der Waals surface area contributed by atoms with Gasteiger partial charge in [0.2, 0.25) is 5.91 Å². The molecule has 0 aliphatic carbocycles. The number of ether oxygens (including phenoxy) is 2. The molecule has 1 heterocycles. The molecule has 1 aliphatic rings. The summed E-state index contributed by atoms with van der Waals surface area (Å²) in [5.41, 5.74) is -3.23. The zero-order valence-electron chi connectivity index (χ0n) is 35.2. The van der Waals surface area contributed by atoms with Crippen molar-refractivity contribution in [3.8, 4) is 11.5 Å². The van der Waals surface area contributed by atoms with Crippen molar-refractivity contribution in [1.82, 2.24) is 9.80 Å². The van der Waals surface area contributed by atoms with E-state index < -0.39 is 125 Å². The van der Waals surface area contributed by atoms with Gasteiger partial charge in [-0.05, 0) is 37.0 Å². The summed E-state index contributed by atoms with van der Waals surface area (Å²) in [6, 6.07) is 1.62. The Kier molecular flexibility index (Phi) is 3.14. The number of nitrogens with zero attached hydrogens (tertiary/aromatic N) is 2. The van der Waals surface area contributed by atoms with E-state index in [1.807, 2.05) is 5.32 Å². The molecule has 0 aromatic heterocycles. The Morgan fingerprint density at radius 3 is 2.58 bits per heavy atom. The molecule has 1 saturated heterocycles. The van der Waals surface area contributed by atoms with Crippen LogP contribution in [0, 0.1) is 13.7 Å². The zero-order valence-corrected chi connectivity index (χ0v) is 16.2. The molecule has 168 valence electrons. The van der Waals surface area contributed by atoms with E-state index in [0.29, 0.717) is 0 Å². The Labute approximate surface area is 211 Å². The van der Waals surface area contributed by atoms with Crippen LogP contribution in [0.3, 0.4) is 0 Å². The molecule has 3 rings (SSSR count). The van der Waals surface area contributed by atoms with E-state index in [1.54, 1.807) is 0 Å². The fourth-order valence-electron chi connectivity index (χ4n) is 2.64. The van der Waals surface area contributed by atoms with Gasteiger partial charge in [0.05, 0.1) is 28.6 Å². The number of hydrogen-bond acceptors (Lipinski definition) is 6. The van der Waals surface area contributed by atoms with Crippen LogP contribution in [0.4, 0.5) is 5.69 Å². The number of piperazine rings is 1. The molecule has 1 fully saturated rings. The first-order chi connectivity index (χ1) is 22.4. The van der Waals surface area contributed by atoms with Crippen molar-refractivity contribution in [2.75, 3.05) is 58.1 Å². The second-order valence-corrected chi connectivity index (χ2v) is 6.25. The number of hydrogen-bond donors (Lipinski definition) is 2. The lowest BCUT2D eigenvalue weighted by molar-refractivity contribution is -0.117. The molecule has 0 radical (unpaired) electrons. The Morgan fingerprint density at radius 1 is 1.23 bits per heavy atom. The third kappa shape index (κ3) is 6.69. The van der Waals surface area contributed by atoms with Gasteiger partial charge in [0, 0.05) is 49.3 Å². The van der Waals surface area contributed by atoms with Gasteiger partial charge < -0.3 is 19.9 Å². The first-order valence-electron chi connectivity index (χ1n) is 18.5. The smallest absolute Gasteiger partial charge is 0.238 e. The molecule has 1 unspecified atom stereocenters. The van der Waals surface area contributed by atoms with E-state index in [0.717, 1.165) is 21.9 Å². The number of aliphatic hydroxyl groups is 1. The molecule has 31 heavy (non-hydrogen) atoms. The van der Waals surface area contributed by atoms with Crippen molar-refractivity contribution in [3.05, 3.63) is 53.5 Å². The number of carbonyl (C=O) groups is 1. The molecule has 0 bridgehead atoms. The molecule has 7 nitrogen and oxygen atoms in total. The lowest BCUT2D eigenvalue weighted by atomic mass is 10.1. The topological polar surface area (TPSA) is 74.3 Å². The van der Waals surface area contributed by atoms with Crippen LogP contribution in [-0.4, -0.2) is 79.7 Å². The number of rotatable bonds is 9. The maximum absolute atomic E-state index is 13.3. The van der Waals surface area contributed by atoms with Crippen LogP contribution >= 0.6 is 0 Å². The van der Waals surface area contributed by atoms with Crippen molar-refractivity contribution < 1.29 is 45.4 Å². The first kappa shape index (κ1) is 8.73. The maximum atomic E-state index is 13.3. The Hall–Kier alpha value is -2.61. The molecule has 7 heteroatoms. The third-order valence-corrected chi connectivity index (χ3v) is 4.13. The number of amides is 1. The number of β-amino-alcohol motifs (C(OH)–C–C–N with tert-alkyl or cyclic N) is 1. The molecule has 1 aliphatic heterocycles. The van der Waals surface area contributed by atoms with Crippen LogP contribution in [0.25, 0.3) is 0 Å². The highest BCUT2D eigenvalue weighted by Gasteiger charge is 2.21. The summed E-state index contributed by atoms with van der Waals surface area (Å²) in [6.07, 6.45) is -3.74. The van der Waals surface area contributed by atoms with Gasteiger partial charge in [-0.15, -0.1) is 0 Å². The normalized spacial score (nSPS) is 28.6. The van der Waals surface area contributed by atoms with Crippen molar-refractivity contribution in [2.45, 2.75) is 19.8 Å². The lowest BCUT2D eigenvalue weighted by Gasteiger charge is -2.35. The molecular formula is C24H33N3O4. The molecule has 1 amide bonds. The van der Waals surface area contributed by atoms with Crippen molar-refractivity contribution in [2.24, 2.45) is 0 Å². The first-order valence-corrected chi connectivity index (χ1v) is 9.03. The Balaban J connectivity index is 1.86. The van der Waals surface area contributed by atoms with Gasteiger partial charge in [-0.1, -0.05) is 30.3 Å². The van der Waals surface area contributed by atoms with E-state index >= 15 is 0 Å². The van der Waals surface area contributed by atoms with Crippen molar-refractivity contribution in [3.63, 3.8) is 0 Å². The minimum atomic E-state index is -3.74. The number of benzene rings is 2. The van der Waals surface area contributed by atoms with Crippen LogP contribution in [0.5, 0.6) is 11.5 Å². The van der Waals surface area contributed by atoms with E-state index in [-0.39, 0.29) is 0 Å². The SMILES string of the molecule is [2H]c1c([2H])c(C([2H])([2H])[2H])c(NC(=O)C([2H])([2H])N2CCN(C([2H])([2H])C([2H])(O)C([2H])([2H])Oc3ccccc3OC([2H])([2H])[2H])CC2)c(C([2H])([2H])[2H])c1[2H]. The summed E-state index contributed by atoms with van der Waals surface area (Å²) in [4.78, 5) is 14.9. The molecule has 0 spiro atoms. The van der Waals surface area contributed by atoms with E-state index in [4.69, 9.17) is 35.5 Å². The maximum Gasteiger partial charge on any atom is 0.238 e. The predicted molar refractivity (Wildman–Crippen MR) is 122 cm³/mol. The van der Waals surface area contributed by atoms with Gasteiger partial charge >= 0.3 is 0 Å². The largest absolute Gasteiger partial charge is 0.493 e. The van der Waals surface area contributed by atoms with Crippen molar-refractivity contribution in [1.29, 1.82) is 0 Å². The van der Waals surface area contributed by atoms with Gasteiger partial charge in [-0.2, -0.15) is 0 Å². The summed E-state index contributed by atoms with van der Waals surface area (Å²) < 4.78 is 161. The van der Waals surface area contributed by atoms with Crippen LogP contribution < -0.4 is 14.8 Å². The summed E-state index contributed by atoms with van der Waals surface area (Å²) in [5.74, 6) is -2.69. The highest BCUT2D eigenvalue weighted by molar-refractivity contribution is 5.93. The summed E-state index contributed by atoms with van der Waals surface area (Å²) in [5, 5.41) is 12.8. The number of para-hydroxylation sites is 3. The van der Waals surface area contributed by atoms with Gasteiger partial charge in [0.15, 0.2) is 11.5 Å². The Bertz CT molecular complexity index is 1540. The Morgan fingerprint density at radius 2 is 1.90 bits per heavy atom. The molecule has 0 saturated carbocycles. The van der Waals surface area contributed by atoms with Crippen LogP contribution in [0.1, 0.15) is 37.2 Å². The summed E-state index contributed by atoms with van der Waals surface area (Å²) >= 11 is 0. The lowest BCUT2D eigenvalue weighted by Crippen LogP contribution is -2.50. The van der Waals surface area contributed by atoms with Crippen LogP contribution in [0.15, 0.2) is 42.4 Å². The minimum Gasteiger partial charge on any atom is -0.493 e. The average Bonchev–Trinajstić information content (AvgIpc) is 2.94. The van der Waals surface area contributed by atoms with Crippen LogP contribution in [0.2, 0.25) is 0 Å². The average molecular weight is 447 g/mol. The van der Waals surface area contributed by atoms with E-state index in [2.05, 4.69) is 0 Å². The van der Waals surface area contributed by atoms with Crippen LogP contribution in [-0.2, 0) is 4.79 Å². The third-order valence-electron chi connectivity index (χ3n) is 4.13. The zero-order chi connectivity index (χ0) is 38.6. The quantitative estimate of drug-likeness (QED) is 0.616. The summed E-state index contributed by atoms with van der Waals surface area (Å²) in [6.45, 7) is -18.6. The highest BCUT2D eigenvalue weighted by Crippen LogP contribution is 2.25. The molecular weight excluding hydrogens is 394 g/mol. The van der Waals surface area contributed by atoms with Gasteiger partial charge in [-0.3, -0.25) is 14.6 Å². The number of methoxy groups -OCH3 is 1. The monoisotopic (exact) mass is 446 g/mol. The number of nitrogens with one attached hydrogen (secondary N) is 1. The van der Waals surface area contributed by atoms with Gasteiger partial charge in [-0.25, -0.2) is 0 Å². The fraction of sp³-hybridized carbons (Fsp3) is 0.458. The molecule has 1 atom stereocenters. The minimum absolute atomic E-state index is 0.493. The highest BCUT2D eigenvalue weighted by atomic mass is 16.5. The number of anilines is 1. The molecule has 2 aromatic rings. The second kappa shape index (κ2) is 11.1. The second-order valence-electron chi connectivity index (χ2n) is 6.25. The molecule has 2 N–H and O–H groups in total. The predicted octanol–water partition coefficient (Wildman–Crippen LogP) is 2.31. The van der Waals surface area contributed by atoms with Gasteiger partial charge in [0.1, 0.15) is 12.6 Å².